The number of aliphatic hydroxyl groups is 1. The molecule has 1 fully saturated rings. The Kier molecular flexibility index (Phi) is 7.43. The smallest absolute Gasteiger partial charge is 0.275 e. The second-order valence-corrected chi connectivity index (χ2v) is 6.91. The highest BCUT2D eigenvalue weighted by Gasteiger charge is 2.23. The van der Waals surface area contributed by atoms with Crippen molar-refractivity contribution in [1.29, 1.82) is 0 Å². The van der Waals surface area contributed by atoms with Crippen LogP contribution in [-0.4, -0.2) is 53.3 Å². The molecule has 0 aromatic carbocycles. The third kappa shape index (κ3) is 5.56. The van der Waals surface area contributed by atoms with Gasteiger partial charge >= 0.3 is 0 Å². The van der Waals surface area contributed by atoms with Gasteiger partial charge in [-0.1, -0.05) is 20.8 Å². The summed E-state index contributed by atoms with van der Waals surface area (Å²) in [6.07, 6.45) is 5.44. The van der Waals surface area contributed by atoms with Crippen molar-refractivity contribution in [2.75, 3.05) is 31.2 Å². The fourth-order valence-electron chi connectivity index (χ4n) is 2.92. The van der Waals surface area contributed by atoms with Gasteiger partial charge in [0, 0.05) is 13.1 Å². The molecule has 0 bridgehead atoms. The summed E-state index contributed by atoms with van der Waals surface area (Å²) in [6, 6.07) is -0.299. The molecule has 1 saturated heterocycles. The van der Waals surface area contributed by atoms with E-state index < -0.39 is 0 Å². The molecule has 25 heavy (non-hydrogen) atoms. The number of nitrogens with zero attached hydrogens (tertiary/aromatic N) is 3. The highest BCUT2D eigenvalue weighted by Crippen LogP contribution is 2.22. The van der Waals surface area contributed by atoms with Crippen LogP contribution in [0.25, 0.3) is 0 Å². The molecule has 2 N–H and O–H groups in total. The maximum Gasteiger partial charge on any atom is 0.275 e. The average molecular weight is 350 g/mol. The third-order valence-electron chi connectivity index (χ3n) is 4.13. The van der Waals surface area contributed by atoms with Crippen LogP contribution in [0.5, 0.6) is 5.88 Å². The number of anilines is 1. The Morgan fingerprint density at radius 1 is 1.40 bits per heavy atom. The number of carbonyl (C=O) groups is 1. The van der Waals surface area contributed by atoms with Gasteiger partial charge in [0.15, 0.2) is 11.5 Å². The van der Waals surface area contributed by atoms with Crippen molar-refractivity contribution in [3.05, 3.63) is 11.9 Å². The zero-order valence-corrected chi connectivity index (χ0v) is 15.5. The zero-order chi connectivity index (χ0) is 18.2. The Bertz CT molecular complexity index is 559. The molecule has 1 aromatic rings. The highest BCUT2D eigenvalue weighted by molar-refractivity contribution is 5.94. The lowest BCUT2D eigenvalue weighted by Gasteiger charge is -2.20. The molecule has 1 aromatic heterocycles. The van der Waals surface area contributed by atoms with Gasteiger partial charge in [-0.25, -0.2) is 4.98 Å². The Morgan fingerprint density at radius 3 is 2.72 bits per heavy atom. The number of ether oxygens (including phenoxy) is 1. The van der Waals surface area contributed by atoms with E-state index in [1.165, 1.54) is 0 Å². The van der Waals surface area contributed by atoms with Crippen LogP contribution >= 0.6 is 0 Å². The number of rotatable bonds is 9. The molecule has 7 heteroatoms. The zero-order valence-electron chi connectivity index (χ0n) is 15.5. The quantitative estimate of drug-likeness (QED) is 0.708. The maximum absolute atomic E-state index is 12.6. The maximum atomic E-state index is 12.6. The van der Waals surface area contributed by atoms with Gasteiger partial charge in [-0.05, 0) is 31.6 Å². The van der Waals surface area contributed by atoms with Crippen LogP contribution in [-0.2, 0) is 0 Å². The van der Waals surface area contributed by atoms with Crippen molar-refractivity contribution < 1.29 is 14.6 Å². The number of aliphatic hydroxyl groups excluding tert-OH is 1. The second-order valence-electron chi connectivity index (χ2n) is 6.91. The van der Waals surface area contributed by atoms with Gasteiger partial charge in [0.05, 0.1) is 25.5 Å². The summed E-state index contributed by atoms with van der Waals surface area (Å²) < 4.78 is 5.68. The lowest BCUT2D eigenvalue weighted by Crippen LogP contribution is -2.39. The van der Waals surface area contributed by atoms with Gasteiger partial charge in [-0.15, -0.1) is 0 Å². The minimum absolute atomic E-state index is 0.103. The van der Waals surface area contributed by atoms with Crippen molar-refractivity contribution in [1.82, 2.24) is 15.3 Å². The molecule has 7 nitrogen and oxygen atoms in total. The van der Waals surface area contributed by atoms with Crippen LogP contribution in [0.3, 0.4) is 0 Å². The van der Waals surface area contributed by atoms with Gasteiger partial charge in [-0.3, -0.25) is 4.79 Å². The van der Waals surface area contributed by atoms with Crippen LogP contribution in [0.1, 0.15) is 56.9 Å². The van der Waals surface area contributed by atoms with Crippen molar-refractivity contribution in [2.24, 2.45) is 5.92 Å². The first-order chi connectivity index (χ1) is 12.0. The van der Waals surface area contributed by atoms with Crippen LogP contribution in [0, 0.1) is 5.92 Å². The predicted molar refractivity (Wildman–Crippen MR) is 97.1 cm³/mol. The fourth-order valence-corrected chi connectivity index (χ4v) is 2.92. The number of carbonyl (C=O) groups excluding carboxylic acids is 1. The molecule has 2 rings (SSSR count). The van der Waals surface area contributed by atoms with E-state index in [9.17, 15) is 9.90 Å². The van der Waals surface area contributed by atoms with Crippen LogP contribution in [0.2, 0.25) is 0 Å². The Labute approximate surface area is 149 Å². The van der Waals surface area contributed by atoms with E-state index >= 15 is 0 Å². The summed E-state index contributed by atoms with van der Waals surface area (Å²) in [5.74, 6) is 1.04. The molecular formula is C18H30N4O3. The van der Waals surface area contributed by atoms with Crippen LogP contribution in [0.15, 0.2) is 6.20 Å². The van der Waals surface area contributed by atoms with Crippen molar-refractivity contribution in [3.8, 4) is 5.88 Å². The molecule has 2 heterocycles. The summed E-state index contributed by atoms with van der Waals surface area (Å²) in [7, 11) is 0. The fraction of sp³-hybridized carbons (Fsp3) is 0.722. The van der Waals surface area contributed by atoms with E-state index in [2.05, 4.69) is 34.0 Å². The summed E-state index contributed by atoms with van der Waals surface area (Å²) in [5.41, 5.74) is 0.179. The number of hydrogen-bond donors (Lipinski definition) is 2. The molecule has 140 valence electrons. The van der Waals surface area contributed by atoms with Gasteiger partial charge in [0.2, 0.25) is 5.88 Å². The Hall–Kier alpha value is -1.89. The van der Waals surface area contributed by atoms with Crippen molar-refractivity contribution in [3.63, 3.8) is 0 Å². The number of hydrogen-bond acceptors (Lipinski definition) is 6. The number of nitrogens with one attached hydrogen (secondary N) is 1. The van der Waals surface area contributed by atoms with Crippen LogP contribution in [0.4, 0.5) is 5.82 Å². The SMILES string of the molecule is CCCOc1nc(N2CCCC2)cnc1C(=O)N[C@H](CO)CC(C)C. The normalized spacial score (nSPS) is 15.5. The Morgan fingerprint density at radius 2 is 2.12 bits per heavy atom. The van der Waals surface area contributed by atoms with Gasteiger partial charge < -0.3 is 20.1 Å². The average Bonchev–Trinajstić information content (AvgIpc) is 3.13. The van der Waals surface area contributed by atoms with Gasteiger partial charge in [0.25, 0.3) is 5.91 Å². The predicted octanol–water partition coefficient (Wildman–Crippen LogP) is 2.00. The molecule has 1 aliphatic rings. The van der Waals surface area contributed by atoms with E-state index in [-0.39, 0.29) is 30.1 Å². The molecule has 1 atom stereocenters. The number of amides is 1. The minimum atomic E-state index is -0.355. The van der Waals surface area contributed by atoms with E-state index in [4.69, 9.17) is 4.74 Å². The Balaban J connectivity index is 2.17. The number of aromatic nitrogens is 2. The van der Waals surface area contributed by atoms with E-state index in [0.717, 1.165) is 38.2 Å². The molecule has 0 saturated carbocycles. The summed E-state index contributed by atoms with van der Waals surface area (Å²) >= 11 is 0. The molecule has 0 spiro atoms. The molecule has 1 amide bonds. The highest BCUT2D eigenvalue weighted by atomic mass is 16.5. The molecule has 1 aliphatic heterocycles. The van der Waals surface area contributed by atoms with Crippen molar-refractivity contribution >= 4 is 11.7 Å². The second kappa shape index (κ2) is 9.56. The molecular weight excluding hydrogens is 320 g/mol. The molecule has 0 aliphatic carbocycles. The molecule has 0 unspecified atom stereocenters. The summed E-state index contributed by atoms with van der Waals surface area (Å²) in [4.78, 5) is 23.6. The van der Waals surface area contributed by atoms with E-state index in [1.807, 2.05) is 6.92 Å². The van der Waals surface area contributed by atoms with Gasteiger partial charge in [0.1, 0.15) is 0 Å². The lowest BCUT2D eigenvalue weighted by molar-refractivity contribution is 0.0897. The largest absolute Gasteiger partial charge is 0.476 e. The van der Waals surface area contributed by atoms with E-state index in [1.54, 1.807) is 6.20 Å². The minimum Gasteiger partial charge on any atom is -0.476 e. The third-order valence-corrected chi connectivity index (χ3v) is 4.13. The van der Waals surface area contributed by atoms with E-state index in [0.29, 0.717) is 18.9 Å². The lowest BCUT2D eigenvalue weighted by atomic mass is 10.0. The van der Waals surface area contributed by atoms with Crippen LogP contribution < -0.4 is 15.0 Å². The first-order valence-corrected chi connectivity index (χ1v) is 9.21. The topological polar surface area (TPSA) is 87.6 Å². The summed E-state index contributed by atoms with van der Waals surface area (Å²) in [6.45, 7) is 8.39. The monoisotopic (exact) mass is 350 g/mol. The van der Waals surface area contributed by atoms with Crippen molar-refractivity contribution in [2.45, 2.75) is 52.5 Å². The summed E-state index contributed by atoms with van der Waals surface area (Å²) in [5, 5.41) is 12.3. The first-order valence-electron chi connectivity index (χ1n) is 9.21. The standard InChI is InChI=1S/C18H30N4O3/c1-4-9-25-18-16(17(24)20-14(12-23)10-13(2)3)19-11-15(21-18)22-7-5-6-8-22/h11,13-14,23H,4-10,12H2,1-3H3,(H,20,24)/t14-/m0/s1. The van der Waals surface area contributed by atoms with Gasteiger partial charge in [-0.2, -0.15) is 4.98 Å². The first kappa shape index (κ1) is 19.4. The molecule has 0 radical (unpaired) electrons.